The number of aryl methyl sites for hydroxylation is 1. The number of fused-ring (bicyclic) bond motifs is 4. The molecule has 0 bridgehead atoms. The molecule has 0 saturated carbocycles. The Morgan fingerprint density at radius 1 is 1.23 bits per heavy atom. The van der Waals surface area contributed by atoms with Crippen molar-refractivity contribution in [2.75, 3.05) is 34.8 Å². The van der Waals surface area contributed by atoms with Crippen molar-refractivity contribution in [2.24, 2.45) is 7.05 Å². The van der Waals surface area contributed by atoms with Crippen LogP contribution in [-0.2, 0) is 7.05 Å². The van der Waals surface area contributed by atoms with Crippen molar-refractivity contribution in [3.8, 4) is 0 Å². The zero-order valence-corrected chi connectivity index (χ0v) is 17.2. The average Bonchev–Trinajstić information content (AvgIpc) is 3.09. The standard InChI is InChI=1S/C21H22FN7O2/c1-3-23-21-24-8-15-18(26-21)28-9-12(22)7-13(28)10-29(20(15)31)16-6-4-5-14-17(16)25-11-27(2)19(14)30/h4-6,8,11-13H,3,7,9-10H2,1-2H3,(H,23,24,26)/t12-,13+/m1/s1. The third-order valence-corrected chi connectivity index (χ3v) is 5.82. The Labute approximate surface area is 177 Å². The zero-order valence-electron chi connectivity index (χ0n) is 17.2. The molecule has 2 aliphatic rings. The molecule has 31 heavy (non-hydrogen) atoms. The molecular weight excluding hydrogens is 401 g/mol. The van der Waals surface area contributed by atoms with Gasteiger partial charge in [-0.25, -0.2) is 14.4 Å². The topological polar surface area (TPSA) is 96.2 Å². The van der Waals surface area contributed by atoms with Gasteiger partial charge in [-0.1, -0.05) is 6.07 Å². The van der Waals surface area contributed by atoms with Gasteiger partial charge in [0.05, 0.1) is 30.0 Å². The van der Waals surface area contributed by atoms with Crippen LogP contribution in [0.25, 0.3) is 10.9 Å². The Morgan fingerprint density at radius 3 is 2.87 bits per heavy atom. The summed E-state index contributed by atoms with van der Waals surface area (Å²) in [5.41, 5.74) is 1.07. The Bertz CT molecular complexity index is 1240. The number of halogens is 1. The monoisotopic (exact) mass is 423 g/mol. The van der Waals surface area contributed by atoms with E-state index >= 15 is 0 Å². The van der Waals surface area contributed by atoms with E-state index < -0.39 is 6.17 Å². The van der Waals surface area contributed by atoms with E-state index in [2.05, 4.69) is 20.3 Å². The van der Waals surface area contributed by atoms with Crippen LogP contribution in [0.5, 0.6) is 0 Å². The van der Waals surface area contributed by atoms with Gasteiger partial charge in [-0.3, -0.25) is 9.59 Å². The summed E-state index contributed by atoms with van der Waals surface area (Å²) in [5.74, 6) is 0.546. The van der Waals surface area contributed by atoms with Crippen LogP contribution in [-0.4, -0.2) is 57.3 Å². The number of aromatic nitrogens is 4. The fourth-order valence-corrected chi connectivity index (χ4v) is 4.37. The number of nitrogens with zero attached hydrogens (tertiary/aromatic N) is 6. The molecule has 1 amide bonds. The largest absolute Gasteiger partial charge is 0.354 e. The third kappa shape index (κ3) is 3.09. The minimum atomic E-state index is -1.01. The molecule has 0 unspecified atom stereocenters. The number of hydrogen-bond donors (Lipinski definition) is 1. The second kappa shape index (κ2) is 7.29. The van der Waals surface area contributed by atoms with Gasteiger partial charge in [0, 0.05) is 32.8 Å². The van der Waals surface area contributed by atoms with Gasteiger partial charge in [0.2, 0.25) is 5.95 Å². The number of alkyl halides is 1. The number of anilines is 3. The summed E-state index contributed by atoms with van der Waals surface area (Å²) in [7, 11) is 1.63. The third-order valence-electron chi connectivity index (χ3n) is 5.82. The normalized spacial score (nSPS) is 20.5. The van der Waals surface area contributed by atoms with Crippen LogP contribution in [0, 0.1) is 0 Å². The first-order chi connectivity index (χ1) is 15.0. The quantitative estimate of drug-likeness (QED) is 0.685. The van der Waals surface area contributed by atoms with Crippen molar-refractivity contribution in [1.82, 2.24) is 19.5 Å². The van der Waals surface area contributed by atoms with Crippen molar-refractivity contribution >= 4 is 34.3 Å². The highest BCUT2D eigenvalue weighted by atomic mass is 19.1. The lowest BCUT2D eigenvalue weighted by molar-refractivity contribution is 0.0988. The first-order valence-electron chi connectivity index (χ1n) is 10.3. The van der Waals surface area contributed by atoms with E-state index in [-0.39, 0.29) is 30.6 Å². The highest BCUT2D eigenvalue weighted by Gasteiger charge is 2.41. The molecule has 160 valence electrons. The molecule has 9 nitrogen and oxygen atoms in total. The minimum Gasteiger partial charge on any atom is -0.354 e. The lowest BCUT2D eigenvalue weighted by atomic mass is 10.1. The number of hydrogen-bond acceptors (Lipinski definition) is 7. The molecule has 1 N–H and O–H groups in total. The van der Waals surface area contributed by atoms with Crippen LogP contribution in [0.15, 0.2) is 35.5 Å². The van der Waals surface area contributed by atoms with Crippen molar-refractivity contribution in [3.63, 3.8) is 0 Å². The van der Waals surface area contributed by atoms with Crippen LogP contribution in [0.4, 0.5) is 21.8 Å². The maximum Gasteiger partial charge on any atom is 0.263 e. The van der Waals surface area contributed by atoms with Crippen molar-refractivity contribution in [2.45, 2.75) is 25.6 Å². The number of rotatable bonds is 3. The highest BCUT2D eigenvalue weighted by molar-refractivity contribution is 6.13. The van der Waals surface area contributed by atoms with E-state index in [9.17, 15) is 14.0 Å². The van der Waals surface area contributed by atoms with E-state index in [1.807, 2.05) is 11.8 Å². The molecule has 1 fully saturated rings. The number of carbonyl (C=O) groups is 1. The summed E-state index contributed by atoms with van der Waals surface area (Å²) in [6.45, 7) is 3.00. The minimum absolute atomic E-state index is 0.176. The number of nitrogens with one attached hydrogen (secondary N) is 1. The predicted octanol–water partition coefficient (Wildman–Crippen LogP) is 1.73. The second-order valence-electron chi connectivity index (χ2n) is 7.85. The molecule has 2 atom stereocenters. The average molecular weight is 423 g/mol. The van der Waals surface area contributed by atoms with Gasteiger partial charge in [0.15, 0.2) is 0 Å². The van der Waals surface area contributed by atoms with Gasteiger partial charge < -0.3 is 19.7 Å². The maximum atomic E-state index is 14.4. The number of benzene rings is 1. The van der Waals surface area contributed by atoms with E-state index in [1.165, 1.54) is 17.1 Å². The van der Waals surface area contributed by atoms with Crippen LogP contribution >= 0.6 is 0 Å². The molecule has 3 aromatic rings. The summed E-state index contributed by atoms with van der Waals surface area (Å²) in [5, 5.41) is 3.47. The lowest BCUT2D eigenvalue weighted by Crippen LogP contribution is -2.40. The number of amides is 1. The van der Waals surface area contributed by atoms with Gasteiger partial charge in [-0.15, -0.1) is 0 Å². The first kappa shape index (κ1) is 19.4. The molecule has 0 aliphatic carbocycles. The summed E-state index contributed by atoms with van der Waals surface area (Å²) in [4.78, 5) is 42.8. The van der Waals surface area contributed by atoms with E-state index in [0.29, 0.717) is 46.9 Å². The Morgan fingerprint density at radius 2 is 2.06 bits per heavy atom. The Balaban J connectivity index is 1.68. The van der Waals surface area contributed by atoms with E-state index in [4.69, 9.17) is 0 Å². The summed E-state index contributed by atoms with van der Waals surface area (Å²) >= 11 is 0. The van der Waals surface area contributed by atoms with Gasteiger partial charge in [-0.2, -0.15) is 4.98 Å². The van der Waals surface area contributed by atoms with Gasteiger partial charge in [-0.05, 0) is 19.1 Å². The summed E-state index contributed by atoms with van der Waals surface area (Å²) in [6, 6.07) is 4.94. The fourth-order valence-electron chi connectivity index (χ4n) is 4.37. The van der Waals surface area contributed by atoms with Crippen molar-refractivity contribution < 1.29 is 9.18 Å². The van der Waals surface area contributed by atoms with Crippen molar-refractivity contribution in [3.05, 3.63) is 46.6 Å². The molecule has 1 saturated heterocycles. The maximum absolute atomic E-state index is 14.4. The van der Waals surface area contributed by atoms with Crippen LogP contribution in [0.2, 0.25) is 0 Å². The van der Waals surface area contributed by atoms with Crippen LogP contribution in [0.3, 0.4) is 0 Å². The fraction of sp³-hybridized carbons (Fsp3) is 0.381. The van der Waals surface area contributed by atoms with Gasteiger partial charge in [0.25, 0.3) is 11.5 Å². The SMILES string of the molecule is CCNc1ncc2c(n1)N1C[C@H](F)C[C@H]1CN(c1cccc3c(=O)n(C)cnc13)C2=O. The predicted molar refractivity (Wildman–Crippen MR) is 116 cm³/mol. The Hall–Kier alpha value is -3.56. The highest BCUT2D eigenvalue weighted by Crippen LogP contribution is 2.36. The molecular formula is C21H22FN7O2. The molecule has 2 aromatic heterocycles. The summed E-state index contributed by atoms with van der Waals surface area (Å²) < 4.78 is 15.8. The second-order valence-corrected chi connectivity index (χ2v) is 7.85. The first-order valence-corrected chi connectivity index (χ1v) is 10.3. The molecule has 0 spiro atoms. The van der Waals surface area contributed by atoms with Crippen LogP contribution < -0.4 is 20.7 Å². The Kier molecular flexibility index (Phi) is 4.57. The van der Waals surface area contributed by atoms with E-state index in [1.54, 1.807) is 30.1 Å². The molecule has 10 heteroatoms. The van der Waals surface area contributed by atoms with Crippen molar-refractivity contribution in [1.29, 1.82) is 0 Å². The van der Waals surface area contributed by atoms with Gasteiger partial charge in [0.1, 0.15) is 23.1 Å². The summed E-state index contributed by atoms with van der Waals surface area (Å²) in [6.07, 6.45) is 2.21. The van der Waals surface area contributed by atoms with E-state index in [0.717, 1.165) is 0 Å². The zero-order chi connectivity index (χ0) is 21.7. The smallest absolute Gasteiger partial charge is 0.263 e. The molecule has 4 heterocycles. The molecule has 5 rings (SSSR count). The lowest BCUT2D eigenvalue weighted by Gasteiger charge is -2.27. The van der Waals surface area contributed by atoms with Crippen LogP contribution in [0.1, 0.15) is 23.7 Å². The number of para-hydroxylation sites is 1. The molecule has 2 aliphatic heterocycles. The number of carbonyl (C=O) groups excluding carboxylic acids is 1. The van der Waals surface area contributed by atoms with Gasteiger partial charge >= 0.3 is 0 Å². The molecule has 0 radical (unpaired) electrons. The molecule has 1 aromatic carbocycles.